The molecule has 3 heteroatoms. The van der Waals surface area contributed by atoms with Crippen molar-refractivity contribution in [1.29, 1.82) is 0 Å². The molecule has 2 aromatic carbocycles. The van der Waals surface area contributed by atoms with Gasteiger partial charge in [-0.25, -0.2) is 0 Å². The number of benzene rings is 2. The first-order chi connectivity index (χ1) is 7.25. The Bertz CT molecular complexity index is 456. The molecule has 0 atom stereocenters. The summed E-state index contributed by atoms with van der Waals surface area (Å²) in [6.45, 7) is 0. The van der Waals surface area contributed by atoms with Crippen LogP contribution in [-0.2, 0) is 29.2 Å². The van der Waals surface area contributed by atoms with E-state index in [9.17, 15) is 0 Å². The maximum atomic E-state index is 6.15. The summed E-state index contributed by atoms with van der Waals surface area (Å²) in [5, 5.41) is 0.819. The number of hydrogen-bond donors (Lipinski definition) is 1. The molecular weight excluding hydrogens is 282 g/mol. The predicted molar refractivity (Wildman–Crippen MR) is 61.6 cm³/mol. The minimum atomic E-state index is -0.950. The topological polar surface area (TPSA) is 26.0 Å². The van der Waals surface area contributed by atoms with E-state index < -0.39 is 29.2 Å². The summed E-state index contributed by atoms with van der Waals surface area (Å²) < 4.78 is 2.74. The van der Waals surface area contributed by atoms with Crippen LogP contribution < -0.4 is 10.5 Å². The van der Waals surface area contributed by atoms with E-state index in [1.54, 1.807) is 0 Å². The van der Waals surface area contributed by atoms with Crippen molar-refractivity contribution in [2.24, 2.45) is 0 Å². The molecule has 0 aromatic heterocycles. The van der Waals surface area contributed by atoms with Gasteiger partial charge < -0.3 is 0 Å². The van der Waals surface area contributed by atoms with E-state index in [1.807, 2.05) is 18.2 Å². The molecule has 0 bridgehead atoms. The fraction of sp³-hybridized carbons (Fsp3) is 0. The quantitative estimate of drug-likeness (QED) is 0.841. The van der Waals surface area contributed by atoms with Crippen molar-refractivity contribution in [2.75, 3.05) is 5.73 Å². The van der Waals surface area contributed by atoms with Crippen molar-refractivity contribution >= 4 is 22.0 Å². The first-order valence-corrected chi connectivity index (χ1v) is 7.92. The van der Waals surface area contributed by atoms with Crippen molar-refractivity contribution in [3.05, 3.63) is 53.6 Å². The van der Waals surface area contributed by atoms with Crippen molar-refractivity contribution in [3.63, 3.8) is 0 Å². The number of anilines is 1. The molecule has 0 saturated heterocycles. The third kappa shape index (κ3) is 3.04. The molecule has 0 radical (unpaired) electrons. The number of nitrogen functional groups attached to an aromatic ring is 1. The van der Waals surface area contributed by atoms with Gasteiger partial charge in [-0.05, 0) is 0 Å². The molecule has 73 valence electrons. The van der Waals surface area contributed by atoms with Gasteiger partial charge in [0.1, 0.15) is 0 Å². The number of nitrogens with two attached hydrogens (primary N) is 1. The van der Waals surface area contributed by atoms with Crippen LogP contribution >= 0.6 is 11.6 Å². The molecule has 0 fully saturated rings. The molecule has 0 saturated carbocycles. The monoisotopic (exact) mass is 292 g/mol. The molecule has 15 heavy (non-hydrogen) atoms. The van der Waals surface area contributed by atoms with Gasteiger partial charge in [0, 0.05) is 0 Å². The van der Waals surface area contributed by atoms with Crippen LogP contribution in [0.5, 0.6) is 0 Å². The Kier molecular flexibility index (Phi) is 3.79. The van der Waals surface area contributed by atoms with Gasteiger partial charge in [-0.15, -0.1) is 0 Å². The average Bonchev–Trinajstić information content (AvgIpc) is 2.24. The number of rotatable bonds is 2. The van der Waals surface area contributed by atoms with Gasteiger partial charge in [0.2, 0.25) is 0 Å². The van der Waals surface area contributed by atoms with Gasteiger partial charge in [-0.3, -0.25) is 0 Å². The van der Waals surface area contributed by atoms with Gasteiger partial charge in [0.15, 0.2) is 0 Å². The maximum absolute atomic E-state index is 6.15. The van der Waals surface area contributed by atoms with Crippen LogP contribution in [0.1, 0.15) is 0 Å². The molecule has 0 heterocycles. The Morgan fingerprint density at radius 2 is 1.73 bits per heavy atom. The summed E-state index contributed by atoms with van der Waals surface area (Å²) in [7, 11) is 0. The summed E-state index contributed by atoms with van der Waals surface area (Å²) in [5.74, 6) is 0. The molecule has 2 N–H and O–H groups in total. The first-order valence-electron chi connectivity index (χ1n) is 4.70. The van der Waals surface area contributed by atoms with Gasteiger partial charge in [-0.1, -0.05) is 0 Å². The van der Waals surface area contributed by atoms with Gasteiger partial charge >= 0.3 is 111 Å². The second-order valence-corrected chi connectivity index (χ2v) is 7.62. The van der Waals surface area contributed by atoms with E-state index in [0.717, 1.165) is 10.7 Å². The molecule has 0 unspecified atom stereocenters. The Labute approximate surface area is 110 Å². The summed E-state index contributed by atoms with van der Waals surface area (Å²) >= 11 is 5.20. The fourth-order valence-electron chi connectivity index (χ4n) is 1.39. The zero-order valence-electron chi connectivity index (χ0n) is 8.15. The third-order valence-corrected chi connectivity index (χ3v) is 6.69. The van der Waals surface area contributed by atoms with Crippen LogP contribution in [0.2, 0.25) is 5.02 Å². The van der Waals surface area contributed by atoms with Crippen LogP contribution in [0.25, 0.3) is 0 Å². The van der Waals surface area contributed by atoms with Gasteiger partial charge in [-0.2, -0.15) is 0 Å². The van der Waals surface area contributed by atoms with E-state index in [-0.39, 0.29) is 0 Å². The van der Waals surface area contributed by atoms with Crippen LogP contribution in [-0.4, -0.2) is 0 Å². The Morgan fingerprint density at radius 3 is 2.40 bits per heavy atom. The first kappa shape index (κ1) is 11.1. The van der Waals surface area contributed by atoms with Crippen LogP contribution in [0.15, 0.2) is 48.5 Å². The Hall–Kier alpha value is -0.366. The molecule has 0 aliphatic heterocycles. The predicted octanol–water partition coefficient (Wildman–Crippen LogP) is 1.96. The van der Waals surface area contributed by atoms with Gasteiger partial charge in [0.05, 0.1) is 0 Å². The van der Waals surface area contributed by atoms with Crippen molar-refractivity contribution in [3.8, 4) is 0 Å². The fourth-order valence-corrected chi connectivity index (χ4v) is 4.82. The molecule has 0 aliphatic carbocycles. The van der Waals surface area contributed by atoms with Crippen molar-refractivity contribution in [2.45, 2.75) is 0 Å². The van der Waals surface area contributed by atoms with Crippen LogP contribution in [0, 0.1) is 0 Å². The summed E-state index contributed by atoms with van der Waals surface area (Å²) in [6.07, 6.45) is 0. The van der Waals surface area contributed by atoms with E-state index in [0.29, 0.717) is 0 Å². The van der Waals surface area contributed by atoms with E-state index in [4.69, 9.17) is 17.3 Å². The van der Waals surface area contributed by atoms with E-state index in [2.05, 4.69) is 30.3 Å². The normalized spacial score (nSPS) is 9.67. The van der Waals surface area contributed by atoms with Crippen molar-refractivity contribution in [1.82, 2.24) is 0 Å². The molecular formula is C12H10ClNY. The zero-order chi connectivity index (χ0) is 10.7. The zero-order valence-corrected chi connectivity index (χ0v) is 11.7. The molecule has 2 rings (SSSR count). The van der Waals surface area contributed by atoms with E-state index in [1.165, 1.54) is 4.75 Å². The van der Waals surface area contributed by atoms with Crippen LogP contribution in [0.4, 0.5) is 5.69 Å². The van der Waals surface area contributed by atoms with Crippen LogP contribution in [0.3, 0.4) is 0 Å². The molecule has 2 aromatic rings. The number of hydrogen-bond acceptors (Lipinski definition) is 1. The SMILES string of the molecule is Nc1cc[c]([Y][c]2ccccc2)c(Cl)c1. The second kappa shape index (κ2) is 5.11. The molecule has 0 aliphatic rings. The standard InChI is InChI=1S/C6H5ClN.C6H5.Y/c7-5-2-1-3-6(8)4-5;1-2-4-6-5-3-1;/h1,3-4H,8H2;1-5H;. The summed E-state index contributed by atoms with van der Waals surface area (Å²) in [6, 6.07) is 16.4. The molecule has 1 nitrogen and oxygen atoms in total. The van der Waals surface area contributed by atoms with Crippen molar-refractivity contribution < 1.29 is 29.2 Å². The molecule has 0 amide bonds. The summed E-state index contributed by atoms with van der Waals surface area (Å²) in [4.78, 5) is 0. The Morgan fingerprint density at radius 1 is 1.00 bits per heavy atom. The third-order valence-electron chi connectivity index (χ3n) is 2.15. The van der Waals surface area contributed by atoms with E-state index >= 15 is 0 Å². The number of halogens is 1. The minimum absolute atomic E-state index is 0.736. The summed E-state index contributed by atoms with van der Waals surface area (Å²) in [5.41, 5.74) is 6.39. The molecule has 0 spiro atoms. The second-order valence-electron chi connectivity index (χ2n) is 3.34. The average molecular weight is 293 g/mol. The Balaban J connectivity index is 2.25. The van der Waals surface area contributed by atoms with Gasteiger partial charge in [0.25, 0.3) is 0 Å².